The lowest BCUT2D eigenvalue weighted by atomic mass is 10.1. The van der Waals surface area contributed by atoms with Crippen LogP contribution in [0.4, 0.5) is 4.39 Å². The summed E-state index contributed by atoms with van der Waals surface area (Å²) in [6, 6.07) is 8.30. The molecule has 4 heteroatoms. The zero-order chi connectivity index (χ0) is 13.9. The van der Waals surface area contributed by atoms with E-state index in [1.165, 1.54) is 28.6 Å². The van der Waals surface area contributed by atoms with Gasteiger partial charge in [-0.3, -0.25) is 4.79 Å². The minimum atomic E-state index is -0.291. The molecule has 2 heterocycles. The second-order valence-corrected chi connectivity index (χ2v) is 5.77. The van der Waals surface area contributed by atoms with Crippen molar-refractivity contribution in [3.8, 4) is 0 Å². The smallest absolute Gasteiger partial charge is 0.246 e. The average Bonchev–Trinajstić information content (AvgIpc) is 2.92. The summed E-state index contributed by atoms with van der Waals surface area (Å²) in [5.41, 5.74) is 1.94. The summed E-state index contributed by atoms with van der Waals surface area (Å²) in [5.74, 6) is -0.313. The number of carbonyl (C=O) groups excluding carboxylic acids is 1. The van der Waals surface area contributed by atoms with E-state index in [1.807, 2.05) is 4.90 Å². The zero-order valence-corrected chi connectivity index (χ0v) is 11.7. The highest BCUT2D eigenvalue weighted by molar-refractivity contribution is 7.10. The summed E-state index contributed by atoms with van der Waals surface area (Å²) >= 11 is 1.75. The monoisotopic (exact) mass is 287 g/mol. The molecule has 0 fully saturated rings. The molecule has 0 bridgehead atoms. The van der Waals surface area contributed by atoms with Gasteiger partial charge >= 0.3 is 0 Å². The molecule has 0 radical (unpaired) electrons. The van der Waals surface area contributed by atoms with Gasteiger partial charge in [-0.2, -0.15) is 0 Å². The Morgan fingerprint density at radius 3 is 3.10 bits per heavy atom. The molecule has 1 aliphatic rings. The zero-order valence-electron chi connectivity index (χ0n) is 10.9. The first-order valence-electron chi connectivity index (χ1n) is 6.50. The van der Waals surface area contributed by atoms with Crippen molar-refractivity contribution in [1.82, 2.24) is 4.90 Å². The maximum Gasteiger partial charge on any atom is 0.246 e. The van der Waals surface area contributed by atoms with E-state index < -0.39 is 0 Å². The number of thiophene rings is 1. The molecule has 1 aliphatic heterocycles. The molecular weight excluding hydrogens is 273 g/mol. The highest BCUT2D eigenvalue weighted by atomic mass is 32.1. The van der Waals surface area contributed by atoms with Crippen LogP contribution in [-0.2, 0) is 17.8 Å². The molecule has 3 rings (SSSR count). The van der Waals surface area contributed by atoms with Crippen molar-refractivity contribution in [2.75, 3.05) is 6.54 Å². The summed E-state index contributed by atoms with van der Waals surface area (Å²) < 4.78 is 13.0. The molecule has 0 saturated heterocycles. The topological polar surface area (TPSA) is 20.3 Å². The molecule has 1 amide bonds. The Morgan fingerprint density at radius 2 is 2.25 bits per heavy atom. The number of halogens is 1. The average molecular weight is 287 g/mol. The van der Waals surface area contributed by atoms with Gasteiger partial charge < -0.3 is 4.90 Å². The number of fused-ring (bicyclic) bond motifs is 1. The van der Waals surface area contributed by atoms with E-state index in [0.29, 0.717) is 12.1 Å². The number of nitrogens with zero attached hydrogens (tertiary/aromatic N) is 1. The van der Waals surface area contributed by atoms with E-state index in [1.54, 1.807) is 29.5 Å². The van der Waals surface area contributed by atoms with Crippen molar-refractivity contribution < 1.29 is 9.18 Å². The summed E-state index contributed by atoms with van der Waals surface area (Å²) in [6.07, 6.45) is 4.10. The van der Waals surface area contributed by atoms with Crippen LogP contribution in [-0.4, -0.2) is 17.4 Å². The van der Waals surface area contributed by atoms with Gasteiger partial charge in [-0.1, -0.05) is 12.1 Å². The molecular formula is C16H14FNOS. The van der Waals surface area contributed by atoms with E-state index in [0.717, 1.165) is 13.0 Å². The third-order valence-electron chi connectivity index (χ3n) is 3.39. The Bertz CT molecular complexity index is 662. The van der Waals surface area contributed by atoms with Crippen LogP contribution in [0.2, 0.25) is 0 Å². The Kier molecular flexibility index (Phi) is 3.65. The van der Waals surface area contributed by atoms with E-state index in [-0.39, 0.29) is 11.7 Å². The van der Waals surface area contributed by atoms with Gasteiger partial charge in [-0.15, -0.1) is 11.3 Å². The number of amides is 1. The van der Waals surface area contributed by atoms with Gasteiger partial charge in [-0.05, 0) is 47.2 Å². The SMILES string of the molecule is O=C(/C=C/c1cccc(F)c1)N1CCc2sccc2C1. The second kappa shape index (κ2) is 5.59. The van der Waals surface area contributed by atoms with Crippen LogP contribution < -0.4 is 0 Å². The first kappa shape index (κ1) is 13.1. The molecule has 0 N–H and O–H groups in total. The fraction of sp³-hybridized carbons (Fsp3) is 0.188. The summed E-state index contributed by atoms with van der Waals surface area (Å²) in [7, 11) is 0. The van der Waals surface area contributed by atoms with Crippen LogP contribution >= 0.6 is 11.3 Å². The summed E-state index contributed by atoms with van der Waals surface area (Å²) in [5, 5.41) is 2.07. The van der Waals surface area contributed by atoms with Crippen molar-refractivity contribution in [1.29, 1.82) is 0 Å². The number of rotatable bonds is 2. The van der Waals surface area contributed by atoms with Gasteiger partial charge in [-0.25, -0.2) is 4.39 Å². The standard InChI is InChI=1S/C16H14FNOS/c17-14-3-1-2-12(10-14)4-5-16(19)18-8-6-15-13(11-18)7-9-20-15/h1-5,7,9-10H,6,8,11H2/b5-4+. The Hall–Kier alpha value is -1.94. The molecule has 0 aliphatic carbocycles. The lowest BCUT2D eigenvalue weighted by Crippen LogP contribution is -2.34. The van der Waals surface area contributed by atoms with Crippen molar-refractivity contribution in [2.45, 2.75) is 13.0 Å². The fourth-order valence-corrected chi connectivity index (χ4v) is 3.21. The normalized spacial score (nSPS) is 14.6. The maximum absolute atomic E-state index is 13.0. The lowest BCUT2D eigenvalue weighted by Gasteiger charge is -2.25. The molecule has 0 atom stereocenters. The first-order valence-corrected chi connectivity index (χ1v) is 7.38. The van der Waals surface area contributed by atoms with Crippen molar-refractivity contribution in [2.24, 2.45) is 0 Å². The quantitative estimate of drug-likeness (QED) is 0.774. The van der Waals surface area contributed by atoms with Crippen molar-refractivity contribution in [3.63, 3.8) is 0 Å². The van der Waals surface area contributed by atoms with Crippen LogP contribution in [0, 0.1) is 5.82 Å². The van der Waals surface area contributed by atoms with Crippen molar-refractivity contribution >= 4 is 23.3 Å². The Morgan fingerprint density at radius 1 is 1.35 bits per heavy atom. The van der Waals surface area contributed by atoms with E-state index in [2.05, 4.69) is 11.4 Å². The largest absolute Gasteiger partial charge is 0.334 e. The molecule has 2 aromatic rings. The molecule has 20 heavy (non-hydrogen) atoms. The van der Waals surface area contributed by atoms with Crippen LogP contribution in [0.25, 0.3) is 6.08 Å². The van der Waals surface area contributed by atoms with E-state index in [9.17, 15) is 9.18 Å². The van der Waals surface area contributed by atoms with Gasteiger partial charge in [0, 0.05) is 24.0 Å². The van der Waals surface area contributed by atoms with Gasteiger partial charge in [0.25, 0.3) is 0 Å². The van der Waals surface area contributed by atoms with Crippen LogP contribution in [0.3, 0.4) is 0 Å². The number of hydrogen-bond acceptors (Lipinski definition) is 2. The molecule has 0 saturated carbocycles. The second-order valence-electron chi connectivity index (χ2n) is 4.77. The molecule has 1 aromatic heterocycles. The van der Waals surface area contributed by atoms with Crippen LogP contribution in [0.1, 0.15) is 16.0 Å². The summed E-state index contributed by atoms with van der Waals surface area (Å²) in [6.45, 7) is 1.42. The number of benzene rings is 1. The third-order valence-corrected chi connectivity index (χ3v) is 4.41. The minimum Gasteiger partial charge on any atom is -0.334 e. The van der Waals surface area contributed by atoms with Crippen LogP contribution in [0.5, 0.6) is 0 Å². The molecule has 1 aromatic carbocycles. The first-order chi connectivity index (χ1) is 9.72. The van der Waals surface area contributed by atoms with Gasteiger partial charge in [0.15, 0.2) is 0 Å². The number of carbonyl (C=O) groups is 1. The predicted molar refractivity (Wildman–Crippen MR) is 78.9 cm³/mol. The van der Waals surface area contributed by atoms with Gasteiger partial charge in [0.05, 0.1) is 0 Å². The minimum absolute atomic E-state index is 0.0221. The Balaban J connectivity index is 1.68. The van der Waals surface area contributed by atoms with Crippen molar-refractivity contribution in [3.05, 3.63) is 63.6 Å². The molecule has 0 spiro atoms. The number of hydrogen-bond donors (Lipinski definition) is 0. The predicted octanol–water partition coefficient (Wildman–Crippen LogP) is 3.49. The highest BCUT2D eigenvalue weighted by Gasteiger charge is 2.19. The third kappa shape index (κ3) is 2.80. The lowest BCUT2D eigenvalue weighted by molar-refractivity contribution is -0.126. The fourth-order valence-electron chi connectivity index (χ4n) is 2.32. The molecule has 102 valence electrons. The Labute approximate surface area is 121 Å². The van der Waals surface area contributed by atoms with Crippen LogP contribution in [0.15, 0.2) is 41.8 Å². The van der Waals surface area contributed by atoms with E-state index >= 15 is 0 Å². The highest BCUT2D eigenvalue weighted by Crippen LogP contribution is 2.24. The summed E-state index contributed by atoms with van der Waals surface area (Å²) in [4.78, 5) is 15.3. The van der Waals surface area contributed by atoms with Gasteiger partial charge in [0.2, 0.25) is 5.91 Å². The van der Waals surface area contributed by atoms with Gasteiger partial charge in [0.1, 0.15) is 5.82 Å². The maximum atomic E-state index is 13.0. The molecule has 2 nitrogen and oxygen atoms in total. The van der Waals surface area contributed by atoms with E-state index in [4.69, 9.17) is 0 Å². The molecule has 0 unspecified atom stereocenters.